The summed E-state index contributed by atoms with van der Waals surface area (Å²) in [5.41, 5.74) is 1.52. The number of hydrogen-bond donors (Lipinski definition) is 1. The van der Waals surface area contributed by atoms with Crippen molar-refractivity contribution in [2.45, 2.75) is 6.42 Å². The van der Waals surface area contributed by atoms with Gasteiger partial charge in [0.05, 0.1) is 16.8 Å². The van der Waals surface area contributed by atoms with Crippen molar-refractivity contribution >= 4 is 11.6 Å². The molecule has 0 saturated carbocycles. The van der Waals surface area contributed by atoms with Crippen LogP contribution >= 0.6 is 0 Å². The average Bonchev–Trinajstić information content (AvgIpc) is 3.11. The molecule has 2 aromatic rings. The molecule has 1 spiro atoms. The second kappa shape index (κ2) is 6.68. The topological polar surface area (TPSA) is 67.6 Å². The number of halogens is 1. The Morgan fingerprint density at radius 3 is 2.68 bits per heavy atom. The number of nitriles is 1. The summed E-state index contributed by atoms with van der Waals surface area (Å²) in [5, 5.41) is 19.9. The van der Waals surface area contributed by atoms with E-state index in [0.717, 1.165) is 25.2 Å². The summed E-state index contributed by atoms with van der Waals surface area (Å²) in [7, 11) is 0. The first-order valence-electron chi connectivity index (χ1n) is 9.15. The summed E-state index contributed by atoms with van der Waals surface area (Å²) in [6.07, 6.45) is 2.26. The predicted molar refractivity (Wildman–Crippen MR) is 104 cm³/mol. The standard InChI is InChI=1S/C22H20FN3O2/c1-2-20(28)25-10-9-22(12-25)13-26(14-22)18-7-3-5-15(16(18)11-24)21-17(23)6-4-8-19(21)27/h2-8,27H,1,9-10,12-14H2. The van der Waals surface area contributed by atoms with Gasteiger partial charge in [0, 0.05) is 37.2 Å². The average molecular weight is 377 g/mol. The van der Waals surface area contributed by atoms with Gasteiger partial charge in [-0.3, -0.25) is 4.79 Å². The van der Waals surface area contributed by atoms with Gasteiger partial charge in [0.25, 0.3) is 0 Å². The Labute approximate surface area is 162 Å². The molecule has 2 heterocycles. The van der Waals surface area contributed by atoms with E-state index in [-0.39, 0.29) is 22.6 Å². The van der Waals surface area contributed by atoms with Gasteiger partial charge in [-0.25, -0.2) is 4.39 Å². The molecule has 0 radical (unpaired) electrons. The largest absolute Gasteiger partial charge is 0.507 e. The zero-order valence-electron chi connectivity index (χ0n) is 15.4. The Morgan fingerprint density at radius 2 is 2.00 bits per heavy atom. The van der Waals surface area contributed by atoms with Crippen LogP contribution < -0.4 is 4.90 Å². The third-order valence-corrected chi connectivity index (χ3v) is 5.73. The molecular formula is C22H20FN3O2. The van der Waals surface area contributed by atoms with Gasteiger partial charge in [0.15, 0.2) is 0 Å². The zero-order chi connectivity index (χ0) is 19.9. The molecule has 0 bridgehead atoms. The van der Waals surface area contributed by atoms with E-state index in [4.69, 9.17) is 0 Å². The van der Waals surface area contributed by atoms with Crippen molar-refractivity contribution in [3.8, 4) is 22.9 Å². The first-order valence-corrected chi connectivity index (χ1v) is 9.15. The van der Waals surface area contributed by atoms with Crippen LogP contribution in [0.3, 0.4) is 0 Å². The molecule has 2 aromatic carbocycles. The van der Waals surface area contributed by atoms with E-state index in [1.54, 1.807) is 12.1 Å². The van der Waals surface area contributed by atoms with Gasteiger partial charge in [-0.2, -0.15) is 5.26 Å². The highest BCUT2D eigenvalue weighted by atomic mass is 19.1. The maximum atomic E-state index is 14.3. The lowest BCUT2D eigenvalue weighted by Gasteiger charge is -2.49. The van der Waals surface area contributed by atoms with E-state index in [0.29, 0.717) is 24.2 Å². The van der Waals surface area contributed by atoms with Crippen LogP contribution in [0.4, 0.5) is 10.1 Å². The van der Waals surface area contributed by atoms with Crippen LogP contribution in [-0.2, 0) is 4.79 Å². The lowest BCUT2D eigenvalue weighted by Crippen LogP contribution is -2.58. The number of anilines is 1. The zero-order valence-corrected chi connectivity index (χ0v) is 15.4. The third-order valence-electron chi connectivity index (χ3n) is 5.73. The van der Waals surface area contributed by atoms with Gasteiger partial charge in [-0.1, -0.05) is 24.8 Å². The van der Waals surface area contributed by atoms with Crippen molar-refractivity contribution < 1.29 is 14.3 Å². The number of phenols is 1. The fourth-order valence-corrected chi connectivity index (χ4v) is 4.35. The van der Waals surface area contributed by atoms with Crippen molar-refractivity contribution in [1.29, 1.82) is 5.26 Å². The Balaban J connectivity index is 1.62. The minimum atomic E-state index is -0.567. The second-order valence-electron chi connectivity index (χ2n) is 7.52. The first-order chi connectivity index (χ1) is 13.5. The van der Waals surface area contributed by atoms with Crippen LogP contribution in [0.2, 0.25) is 0 Å². The molecular weight excluding hydrogens is 357 g/mol. The number of aromatic hydroxyl groups is 1. The Hall–Kier alpha value is -3.33. The molecule has 4 rings (SSSR count). The van der Waals surface area contributed by atoms with Crippen LogP contribution in [-0.4, -0.2) is 42.1 Å². The molecule has 1 N–H and O–H groups in total. The highest BCUT2D eigenvalue weighted by Gasteiger charge is 2.49. The number of hydrogen-bond acceptors (Lipinski definition) is 4. The molecule has 142 valence electrons. The van der Waals surface area contributed by atoms with Crippen LogP contribution in [0.5, 0.6) is 5.75 Å². The van der Waals surface area contributed by atoms with Crippen molar-refractivity contribution in [3.63, 3.8) is 0 Å². The minimum Gasteiger partial charge on any atom is -0.507 e. The van der Waals surface area contributed by atoms with Gasteiger partial charge in [-0.15, -0.1) is 0 Å². The first kappa shape index (κ1) is 18.1. The Bertz CT molecular complexity index is 985. The number of likely N-dealkylation sites (tertiary alicyclic amines) is 1. The van der Waals surface area contributed by atoms with Gasteiger partial charge in [0.2, 0.25) is 5.91 Å². The van der Waals surface area contributed by atoms with E-state index in [1.807, 2.05) is 11.0 Å². The maximum absolute atomic E-state index is 14.3. The molecule has 5 nitrogen and oxygen atoms in total. The van der Waals surface area contributed by atoms with E-state index in [2.05, 4.69) is 17.5 Å². The van der Waals surface area contributed by atoms with E-state index in [9.17, 15) is 19.6 Å². The molecule has 28 heavy (non-hydrogen) atoms. The lowest BCUT2D eigenvalue weighted by molar-refractivity contribution is -0.125. The molecule has 0 atom stereocenters. The number of carbonyl (C=O) groups is 1. The van der Waals surface area contributed by atoms with Crippen LogP contribution in [0, 0.1) is 22.6 Å². The van der Waals surface area contributed by atoms with Crippen molar-refractivity contribution in [2.24, 2.45) is 5.41 Å². The fraction of sp³-hybridized carbons (Fsp3) is 0.273. The summed E-state index contributed by atoms with van der Waals surface area (Å²) >= 11 is 0. The SMILES string of the molecule is C=CC(=O)N1CCC2(C1)CN(c1cccc(-c3c(O)cccc3F)c1C#N)C2. The third kappa shape index (κ3) is 2.80. The van der Waals surface area contributed by atoms with Crippen LogP contribution in [0.15, 0.2) is 49.1 Å². The number of rotatable bonds is 3. The molecule has 0 aliphatic carbocycles. The quantitative estimate of drug-likeness (QED) is 0.834. The van der Waals surface area contributed by atoms with Crippen LogP contribution in [0.1, 0.15) is 12.0 Å². The Kier molecular flexibility index (Phi) is 4.31. The molecule has 1 amide bonds. The van der Waals surface area contributed by atoms with Crippen LogP contribution in [0.25, 0.3) is 11.1 Å². The van der Waals surface area contributed by atoms with Crippen molar-refractivity contribution in [1.82, 2.24) is 4.90 Å². The summed E-state index contributed by atoms with van der Waals surface area (Å²) in [6, 6.07) is 11.6. The van der Waals surface area contributed by atoms with Gasteiger partial charge < -0.3 is 14.9 Å². The second-order valence-corrected chi connectivity index (χ2v) is 7.52. The smallest absolute Gasteiger partial charge is 0.245 e. The lowest BCUT2D eigenvalue weighted by atomic mass is 9.78. The summed E-state index contributed by atoms with van der Waals surface area (Å²) < 4.78 is 14.3. The maximum Gasteiger partial charge on any atom is 0.245 e. The normalized spacial score (nSPS) is 17.3. The summed E-state index contributed by atoms with van der Waals surface area (Å²) in [4.78, 5) is 15.7. The Morgan fingerprint density at radius 1 is 1.25 bits per heavy atom. The van der Waals surface area contributed by atoms with Crippen molar-refractivity contribution in [3.05, 3.63) is 60.4 Å². The number of amides is 1. The van der Waals surface area contributed by atoms with Crippen molar-refractivity contribution in [2.75, 3.05) is 31.1 Å². The molecule has 2 aliphatic rings. The van der Waals surface area contributed by atoms with E-state index < -0.39 is 5.82 Å². The summed E-state index contributed by atoms with van der Waals surface area (Å²) in [5.74, 6) is -0.809. The molecule has 0 unspecified atom stereocenters. The number of benzene rings is 2. The number of nitrogens with zero attached hydrogens (tertiary/aromatic N) is 3. The van der Waals surface area contributed by atoms with E-state index in [1.165, 1.54) is 24.3 Å². The van der Waals surface area contributed by atoms with E-state index >= 15 is 0 Å². The molecule has 2 aliphatic heterocycles. The summed E-state index contributed by atoms with van der Waals surface area (Å²) in [6.45, 7) is 6.41. The van der Waals surface area contributed by atoms with Gasteiger partial charge in [-0.05, 0) is 30.7 Å². The molecule has 0 aromatic heterocycles. The number of carbonyl (C=O) groups excluding carboxylic acids is 1. The predicted octanol–water partition coefficient (Wildman–Crippen LogP) is 3.29. The highest BCUT2D eigenvalue weighted by molar-refractivity contribution is 5.87. The van der Waals surface area contributed by atoms with Gasteiger partial charge in [0.1, 0.15) is 17.6 Å². The minimum absolute atomic E-state index is 0.0293. The molecule has 6 heteroatoms. The molecule has 2 fully saturated rings. The molecule has 2 saturated heterocycles. The highest BCUT2D eigenvalue weighted by Crippen LogP contribution is 2.45. The number of phenolic OH excluding ortho intramolecular Hbond substituents is 1. The fourth-order valence-electron chi connectivity index (χ4n) is 4.35. The van der Waals surface area contributed by atoms with Gasteiger partial charge >= 0.3 is 0 Å². The monoisotopic (exact) mass is 377 g/mol.